The van der Waals surface area contributed by atoms with Crippen LogP contribution in [0.1, 0.15) is 44.9 Å². The maximum absolute atomic E-state index is 13.4. The lowest BCUT2D eigenvalue weighted by atomic mass is 10.0. The van der Waals surface area contributed by atoms with Crippen LogP contribution in [0.15, 0.2) is 48.5 Å². The number of carbonyl (C=O) groups excluding carboxylic acids is 4. The molecule has 0 saturated carbocycles. The first-order chi connectivity index (χ1) is 15.3. The molecular weight excluding hydrogens is 430 g/mol. The Morgan fingerprint density at radius 2 is 1.41 bits per heavy atom. The molecule has 2 aromatic rings. The maximum atomic E-state index is 13.4. The van der Waals surface area contributed by atoms with E-state index in [1.165, 1.54) is 0 Å². The molecule has 32 heavy (non-hydrogen) atoms. The van der Waals surface area contributed by atoms with Crippen molar-refractivity contribution < 1.29 is 19.2 Å². The van der Waals surface area contributed by atoms with Gasteiger partial charge in [-0.25, -0.2) is 0 Å². The number of imide groups is 1. The Morgan fingerprint density at radius 1 is 0.844 bits per heavy atom. The van der Waals surface area contributed by atoms with E-state index in [1.807, 2.05) is 13.8 Å². The van der Waals surface area contributed by atoms with Gasteiger partial charge in [0, 0.05) is 36.8 Å². The van der Waals surface area contributed by atoms with Crippen LogP contribution in [0, 0.1) is 5.92 Å². The molecule has 1 fully saturated rings. The number of halogens is 1. The summed E-state index contributed by atoms with van der Waals surface area (Å²) in [7, 11) is 0. The fourth-order valence-corrected chi connectivity index (χ4v) is 4.47. The van der Waals surface area contributed by atoms with Crippen molar-refractivity contribution in [1.29, 1.82) is 0 Å². The quantitative estimate of drug-likeness (QED) is 0.667. The van der Waals surface area contributed by atoms with Gasteiger partial charge in [0.1, 0.15) is 6.04 Å². The zero-order chi connectivity index (χ0) is 23.0. The molecule has 2 heterocycles. The average molecular weight is 454 g/mol. The molecule has 0 bridgehead atoms. The summed E-state index contributed by atoms with van der Waals surface area (Å²) in [5.74, 6) is -1.54. The second-order valence-electron chi connectivity index (χ2n) is 8.34. The summed E-state index contributed by atoms with van der Waals surface area (Å²) >= 11 is 5.99. The number of benzene rings is 2. The highest BCUT2D eigenvalue weighted by Crippen LogP contribution is 2.28. The van der Waals surface area contributed by atoms with E-state index in [1.54, 1.807) is 58.3 Å². The minimum atomic E-state index is -0.891. The molecule has 0 radical (unpaired) electrons. The van der Waals surface area contributed by atoms with E-state index >= 15 is 0 Å². The molecule has 1 atom stereocenters. The summed E-state index contributed by atoms with van der Waals surface area (Å²) in [6, 6.07) is 12.5. The van der Waals surface area contributed by atoms with Crippen molar-refractivity contribution in [2.75, 3.05) is 26.2 Å². The van der Waals surface area contributed by atoms with Crippen LogP contribution in [-0.2, 0) is 4.79 Å². The summed E-state index contributed by atoms with van der Waals surface area (Å²) in [5.41, 5.74) is 1.16. The smallest absolute Gasteiger partial charge is 0.262 e. The van der Waals surface area contributed by atoms with Crippen molar-refractivity contribution in [2.45, 2.75) is 19.9 Å². The molecule has 1 unspecified atom stereocenters. The number of piperazine rings is 1. The summed E-state index contributed by atoms with van der Waals surface area (Å²) in [4.78, 5) is 56.5. The molecule has 7 nitrogen and oxygen atoms in total. The first-order valence-electron chi connectivity index (χ1n) is 10.6. The summed E-state index contributed by atoms with van der Waals surface area (Å²) in [6.45, 7) is 5.04. The number of nitrogens with zero attached hydrogens (tertiary/aromatic N) is 3. The van der Waals surface area contributed by atoms with Crippen LogP contribution in [0.25, 0.3) is 0 Å². The van der Waals surface area contributed by atoms with Crippen LogP contribution in [-0.4, -0.2) is 70.5 Å². The van der Waals surface area contributed by atoms with Gasteiger partial charge in [0.25, 0.3) is 17.7 Å². The van der Waals surface area contributed by atoms with Crippen LogP contribution >= 0.6 is 11.6 Å². The van der Waals surface area contributed by atoms with E-state index in [2.05, 4.69) is 0 Å². The van der Waals surface area contributed by atoms with Gasteiger partial charge >= 0.3 is 0 Å². The normalized spacial score (nSPS) is 17.1. The zero-order valence-corrected chi connectivity index (χ0v) is 18.7. The predicted molar refractivity (Wildman–Crippen MR) is 120 cm³/mol. The van der Waals surface area contributed by atoms with E-state index in [9.17, 15) is 19.2 Å². The Kier molecular flexibility index (Phi) is 6.02. The second kappa shape index (κ2) is 8.74. The lowest BCUT2D eigenvalue weighted by Gasteiger charge is -2.38. The minimum Gasteiger partial charge on any atom is -0.337 e. The maximum Gasteiger partial charge on any atom is 0.262 e. The number of hydrogen-bond donors (Lipinski definition) is 0. The summed E-state index contributed by atoms with van der Waals surface area (Å²) < 4.78 is 0. The van der Waals surface area contributed by atoms with Crippen LogP contribution in [0.5, 0.6) is 0 Å². The highest BCUT2D eigenvalue weighted by atomic mass is 35.5. The molecule has 2 aliphatic heterocycles. The molecular formula is C24H24ClN3O4. The number of amides is 4. The Morgan fingerprint density at radius 3 is 1.94 bits per heavy atom. The van der Waals surface area contributed by atoms with Gasteiger partial charge < -0.3 is 9.80 Å². The fourth-order valence-electron chi connectivity index (χ4n) is 4.28. The van der Waals surface area contributed by atoms with Gasteiger partial charge in [-0.05, 0) is 36.2 Å². The van der Waals surface area contributed by atoms with Gasteiger partial charge in [-0.15, -0.1) is 0 Å². The fraction of sp³-hybridized carbons (Fsp3) is 0.333. The monoisotopic (exact) mass is 453 g/mol. The Bertz CT molecular complexity index is 1060. The Labute approximate surface area is 191 Å². The average Bonchev–Trinajstić information content (AvgIpc) is 3.04. The van der Waals surface area contributed by atoms with Gasteiger partial charge in [0.15, 0.2) is 0 Å². The number of rotatable bonds is 4. The van der Waals surface area contributed by atoms with Gasteiger partial charge in [-0.3, -0.25) is 24.1 Å². The number of hydrogen-bond acceptors (Lipinski definition) is 4. The Hall–Kier alpha value is -3.19. The van der Waals surface area contributed by atoms with Gasteiger partial charge in [0.05, 0.1) is 11.1 Å². The molecule has 4 rings (SSSR count). The van der Waals surface area contributed by atoms with E-state index in [4.69, 9.17) is 11.6 Å². The third-order valence-electron chi connectivity index (χ3n) is 5.94. The van der Waals surface area contributed by atoms with E-state index < -0.39 is 17.9 Å². The van der Waals surface area contributed by atoms with Crippen LogP contribution in [0.2, 0.25) is 5.02 Å². The standard InChI is InChI=1S/C24H24ClN3O4/c1-15(2)20(28-22(30)18-8-3-4-9-19(18)23(28)31)24(32)27-12-10-26(11-13-27)21(29)16-6-5-7-17(25)14-16/h3-9,14-15,20H,10-13H2,1-2H3. The van der Waals surface area contributed by atoms with Crippen molar-refractivity contribution in [1.82, 2.24) is 14.7 Å². The lowest BCUT2D eigenvalue weighted by molar-refractivity contribution is -0.138. The summed E-state index contributed by atoms with van der Waals surface area (Å²) in [5, 5.41) is 0.491. The van der Waals surface area contributed by atoms with Crippen molar-refractivity contribution in [2.24, 2.45) is 5.92 Å². The predicted octanol–water partition coefficient (Wildman–Crippen LogP) is 2.95. The molecule has 1 saturated heterocycles. The third-order valence-corrected chi connectivity index (χ3v) is 6.17. The first-order valence-corrected chi connectivity index (χ1v) is 11.0. The SMILES string of the molecule is CC(C)C(C(=O)N1CCN(C(=O)c2cccc(Cl)c2)CC1)N1C(=O)c2ccccc2C1=O. The molecule has 2 aliphatic rings. The van der Waals surface area contributed by atoms with Crippen LogP contribution in [0.3, 0.4) is 0 Å². The minimum absolute atomic E-state index is 0.139. The van der Waals surface area contributed by atoms with Gasteiger partial charge in [-0.2, -0.15) is 0 Å². The third kappa shape index (κ3) is 3.88. The van der Waals surface area contributed by atoms with Gasteiger partial charge in [0.2, 0.25) is 5.91 Å². The molecule has 8 heteroatoms. The molecule has 166 valence electrons. The van der Waals surface area contributed by atoms with E-state index in [-0.39, 0.29) is 17.7 Å². The lowest BCUT2D eigenvalue weighted by Crippen LogP contribution is -2.58. The van der Waals surface area contributed by atoms with Crippen molar-refractivity contribution in [3.8, 4) is 0 Å². The number of carbonyl (C=O) groups is 4. The number of fused-ring (bicyclic) bond motifs is 1. The molecule has 0 aliphatic carbocycles. The molecule has 0 aromatic heterocycles. The molecule has 0 N–H and O–H groups in total. The highest BCUT2D eigenvalue weighted by molar-refractivity contribution is 6.31. The zero-order valence-electron chi connectivity index (χ0n) is 18.0. The topological polar surface area (TPSA) is 78.0 Å². The van der Waals surface area contributed by atoms with E-state index in [0.717, 1.165) is 4.90 Å². The van der Waals surface area contributed by atoms with Crippen molar-refractivity contribution in [3.05, 3.63) is 70.2 Å². The van der Waals surface area contributed by atoms with Gasteiger partial charge in [-0.1, -0.05) is 43.6 Å². The van der Waals surface area contributed by atoms with Crippen molar-refractivity contribution >= 4 is 35.2 Å². The Balaban J connectivity index is 1.47. The molecule has 4 amide bonds. The summed E-state index contributed by atoms with van der Waals surface area (Å²) in [6.07, 6.45) is 0. The first kappa shape index (κ1) is 22.0. The van der Waals surface area contributed by atoms with Crippen LogP contribution in [0.4, 0.5) is 0 Å². The highest BCUT2D eigenvalue weighted by Gasteiger charge is 2.45. The molecule has 2 aromatic carbocycles. The largest absolute Gasteiger partial charge is 0.337 e. The van der Waals surface area contributed by atoms with E-state index in [0.29, 0.717) is 47.9 Å². The van der Waals surface area contributed by atoms with Crippen molar-refractivity contribution in [3.63, 3.8) is 0 Å². The van der Waals surface area contributed by atoms with Crippen LogP contribution < -0.4 is 0 Å². The molecule has 0 spiro atoms. The second-order valence-corrected chi connectivity index (χ2v) is 8.78.